The van der Waals surface area contributed by atoms with E-state index in [4.69, 9.17) is 11.5 Å². The summed E-state index contributed by atoms with van der Waals surface area (Å²) in [5.74, 6) is 0.830. The predicted molar refractivity (Wildman–Crippen MR) is 113 cm³/mol. The van der Waals surface area contributed by atoms with Crippen LogP contribution in [0.1, 0.15) is 21.7 Å². The Morgan fingerprint density at radius 1 is 1.11 bits per heavy atom. The maximum absolute atomic E-state index is 12.8. The number of carbonyl (C=O) groups is 1. The molecule has 2 aromatic heterocycles. The van der Waals surface area contributed by atoms with Crippen molar-refractivity contribution >= 4 is 40.9 Å². The standard InChI is InChI=1S/C19H21N5OS2/c1-11-7-15(12(2)24(11)13-5-4-6-14(8-13)26-3)16(25)10-27-19-22-17(20)9-18(21)23-19/h4-9H,10H2,1-3H3,(H4,20,21,22,23). The van der Waals surface area contributed by atoms with E-state index in [1.54, 1.807) is 11.8 Å². The van der Waals surface area contributed by atoms with Gasteiger partial charge in [0.2, 0.25) is 0 Å². The van der Waals surface area contributed by atoms with Crippen molar-refractivity contribution in [2.75, 3.05) is 23.5 Å². The van der Waals surface area contributed by atoms with E-state index in [0.717, 1.165) is 17.1 Å². The fourth-order valence-electron chi connectivity index (χ4n) is 2.93. The second-order valence-electron chi connectivity index (χ2n) is 6.03. The molecule has 0 radical (unpaired) electrons. The highest BCUT2D eigenvalue weighted by atomic mass is 32.2. The molecule has 1 aromatic carbocycles. The SMILES string of the molecule is CSc1cccc(-n2c(C)cc(C(=O)CSc3nc(N)cc(N)n3)c2C)c1. The first-order valence-corrected chi connectivity index (χ1v) is 10.5. The van der Waals surface area contributed by atoms with E-state index in [9.17, 15) is 4.79 Å². The minimum absolute atomic E-state index is 0.0185. The molecule has 0 aliphatic heterocycles. The zero-order valence-electron chi connectivity index (χ0n) is 15.4. The van der Waals surface area contributed by atoms with Crippen LogP contribution in [0.2, 0.25) is 0 Å². The average Bonchev–Trinajstić information content (AvgIpc) is 2.93. The van der Waals surface area contributed by atoms with E-state index in [2.05, 4.69) is 26.7 Å². The molecule has 0 spiro atoms. The van der Waals surface area contributed by atoms with Gasteiger partial charge in [-0.2, -0.15) is 0 Å². The highest BCUT2D eigenvalue weighted by Gasteiger charge is 2.17. The maximum atomic E-state index is 12.8. The summed E-state index contributed by atoms with van der Waals surface area (Å²) in [6.07, 6.45) is 2.05. The number of rotatable bonds is 6. The highest BCUT2D eigenvalue weighted by Crippen LogP contribution is 2.26. The van der Waals surface area contributed by atoms with Gasteiger partial charge in [-0.1, -0.05) is 17.8 Å². The van der Waals surface area contributed by atoms with E-state index in [1.807, 2.05) is 38.3 Å². The fraction of sp³-hybridized carbons (Fsp3) is 0.211. The Morgan fingerprint density at radius 3 is 2.48 bits per heavy atom. The lowest BCUT2D eigenvalue weighted by Gasteiger charge is -2.11. The lowest BCUT2D eigenvalue weighted by atomic mass is 10.2. The van der Waals surface area contributed by atoms with Gasteiger partial charge in [0.15, 0.2) is 10.9 Å². The smallest absolute Gasteiger partial charge is 0.191 e. The second-order valence-corrected chi connectivity index (χ2v) is 7.86. The topological polar surface area (TPSA) is 99.8 Å². The first-order chi connectivity index (χ1) is 12.9. The monoisotopic (exact) mass is 399 g/mol. The maximum Gasteiger partial charge on any atom is 0.191 e. The van der Waals surface area contributed by atoms with Crippen LogP contribution in [0, 0.1) is 13.8 Å². The molecule has 0 saturated carbocycles. The lowest BCUT2D eigenvalue weighted by molar-refractivity contribution is 0.102. The number of aryl methyl sites for hydroxylation is 1. The Hall–Kier alpha value is -2.45. The molecule has 0 fully saturated rings. The van der Waals surface area contributed by atoms with Gasteiger partial charge in [0.25, 0.3) is 0 Å². The third-order valence-corrected chi connectivity index (χ3v) is 5.69. The molecule has 0 amide bonds. The van der Waals surface area contributed by atoms with Crippen LogP contribution in [0.5, 0.6) is 0 Å². The van der Waals surface area contributed by atoms with Crippen molar-refractivity contribution in [1.82, 2.24) is 14.5 Å². The van der Waals surface area contributed by atoms with Gasteiger partial charge in [0, 0.05) is 33.6 Å². The van der Waals surface area contributed by atoms with Gasteiger partial charge in [-0.3, -0.25) is 4.79 Å². The summed E-state index contributed by atoms with van der Waals surface area (Å²) in [6, 6.07) is 11.7. The minimum atomic E-state index is 0.0185. The molecule has 3 aromatic rings. The van der Waals surface area contributed by atoms with E-state index < -0.39 is 0 Å². The van der Waals surface area contributed by atoms with Gasteiger partial charge in [-0.25, -0.2) is 9.97 Å². The normalized spacial score (nSPS) is 10.9. The largest absolute Gasteiger partial charge is 0.383 e. The van der Waals surface area contributed by atoms with Crippen molar-refractivity contribution < 1.29 is 4.79 Å². The molecule has 3 rings (SSSR count). The number of hydrogen-bond acceptors (Lipinski definition) is 7. The Bertz CT molecular complexity index is 980. The Balaban J connectivity index is 1.83. The molecule has 0 aliphatic carbocycles. The molecular weight excluding hydrogens is 378 g/mol. The highest BCUT2D eigenvalue weighted by molar-refractivity contribution is 7.99. The third-order valence-electron chi connectivity index (χ3n) is 4.12. The van der Waals surface area contributed by atoms with Crippen LogP contribution in [0.25, 0.3) is 5.69 Å². The molecule has 0 bridgehead atoms. The summed E-state index contributed by atoms with van der Waals surface area (Å²) >= 11 is 2.93. The first-order valence-electron chi connectivity index (χ1n) is 8.28. The Kier molecular flexibility index (Phi) is 5.76. The number of hydrogen-bond donors (Lipinski definition) is 2. The fourth-order valence-corrected chi connectivity index (χ4v) is 4.14. The molecule has 140 valence electrons. The summed E-state index contributed by atoms with van der Waals surface area (Å²) in [7, 11) is 0. The van der Waals surface area contributed by atoms with Crippen LogP contribution in [0.3, 0.4) is 0 Å². The Labute approximate surface area is 166 Å². The van der Waals surface area contributed by atoms with Gasteiger partial charge < -0.3 is 16.0 Å². The van der Waals surface area contributed by atoms with Crippen molar-refractivity contribution in [3.8, 4) is 5.69 Å². The quantitative estimate of drug-likeness (QED) is 0.370. The molecule has 4 N–H and O–H groups in total. The number of thioether (sulfide) groups is 2. The molecule has 2 heterocycles. The number of nitrogens with zero attached hydrogens (tertiary/aromatic N) is 3. The van der Waals surface area contributed by atoms with Crippen molar-refractivity contribution in [3.05, 3.63) is 53.3 Å². The lowest BCUT2D eigenvalue weighted by Crippen LogP contribution is -2.07. The molecule has 0 atom stereocenters. The summed E-state index contributed by atoms with van der Waals surface area (Å²) in [5, 5.41) is 0.405. The van der Waals surface area contributed by atoms with Gasteiger partial charge in [0.1, 0.15) is 11.6 Å². The molecule has 6 nitrogen and oxygen atoms in total. The number of ketones is 1. The molecule has 0 aliphatic rings. The number of aromatic nitrogens is 3. The number of nitrogen functional groups attached to an aromatic ring is 2. The zero-order valence-corrected chi connectivity index (χ0v) is 17.0. The van der Waals surface area contributed by atoms with Gasteiger partial charge in [-0.05, 0) is 44.4 Å². The van der Waals surface area contributed by atoms with E-state index in [-0.39, 0.29) is 11.5 Å². The average molecular weight is 400 g/mol. The van der Waals surface area contributed by atoms with E-state index in [1.165, 1.54) is 22.7 Å². The second kappa shape index (κ2) is 8.06. The van der Waals surface area contributed by atoms with Crippen molar-refractivity contribution in [1.29, 1.82) is 0 Å². The predicted octanol–water partition coefficient (Wildman–Crippen LogP) is 3.75. The van der Waals surface area contributed by atoms with Crippen molar-refractivity contribution in [2.45, 2.75) is 23.9 Å². The van der Waals surface area contributed by atoms with E-state index in [0.29, 0.717) is 22.4 Å². The van der Waals surface area contributed by atoms with Gasteiger partial charge >= 0.3 is 0 Å². The Morgan fingerprint density at radius 2 is 1.81 bits per heavy atom. The number of carbonyl (C=O) groups excluding carboxylic acids is 1. The van der Waals surface area contributed by atoms with Crippen LogP contribution in [-0.4, -0.2) is 32.3 Å². The van der Waals surface area contributed by atoms with Crippen LogP contribution in [-0.2, 0) is 0 Å². The molecule has 8 heteroatoms. The van der Waals surface area contributed by atoms with E-state index >= 15 is 0 Å². The van der Waals surface area contributed by atoms with Gasteiger partial charge in [-0.15, -0.1) is 11.8 Å². The van der Waals surface area contributed by atoms with Crippen molar-refractivity contribution in [2.24, 2.45) is 0 Å². The number of nitrogens with two attached hydrogens (primary N) is 2. The third kappa shape index (κ3) is 4.28. The van der Waals surface area contributed by atoms with Crippen molar-refractivity contribution in [3.63, 3.8) is 0 Å². The summed E-state index contributed by atoms with van der Waals surface area (Å²) in [5.41, 5.74) is 15.0. The first kappa shape index (κ1) is 19.3. The van der Waals surface area contributed by atoms with Crippen LogP contribution in [0.4, 0.5) is 11.6 Å². The molecule has 27 heavy (non-hydrogen) atoms. The zero-order chi connectivity index (χ0) is 19.6. The molecular formula is C19H21N5OS2. The summed E-state index contributed by atoms with van der Waals surface area (Å²) in [4.78, 5) is 22.2. The number of benzene rings is 1. The minimum Gasteiger partial charge on any atom is -0.383 e. The van der Waals surface area contributed by atoms with Gasteiger partial charge in [0.05, 0.1) is 5.75 Å². The van der Waals surface area contributed by atoms with Crippen LogP contribution < -0.4 is 11.5 Å². The molecule has 0 saturated heterocycles. The molecule has 0 unspecified atom stereocenters. The summed E-state index contributed by atoms with van der Waals surface area (Å²) in [6.45, 7) is 3.97. The number of Topliss-reactive ketones (excluding diaryl/α,β-unsaturated/α-hetero) is 1. The number of anilines is 2. The van der Waals surface area contributed by atoms with Crippen LogP contribution in [0.15, 0.2) is 46.5 Å². The summed E-state index contributed by atoms with van der Waals surface area (Å²) < 4.78 is 2.10. The van der Waals surface area contributed by atoms with Crippen LogP contribution >= 0.6 is 23.5 Å².